The topological polar surface area (TPSA) is 46.3 Å². The summed E-state index contributed by atoms with van der Waals surface area (Å²) in [5.74, 6) is 0.135. The number of amides is 1. The minimum atomic E-state index is 0.00967. The predicted octanol–water partition coefficient (Wildman–Crippen LogP) is 3.41. The normalized spacial score (nSPS) is 14.0. The minimum absolute atomic E-state index is 0.00967. The van der Waals surface area contributed by atoms with Gasteiger partial charge in [0.05, 0.1) is 11.4 Å². The van der Waals surface area contributed by atoms with Crippen LogP contribution in [0.2, 0.25) is 0 Å². The van der Waals surface area contributed by atoms with Crippen molar-refractivity contribution in [2.75, 3.05) is 17.7 Å². The molecule has 0 radical (unpaired) electrons. The van der Waals surface area contributed by atoms with E-state index in [4.69, 9.17) is 5.73 Å². The molecule has 0 heterocycles. The number of nitrogens with zero attached hydrogens (tertiary/aromatic N) is 1. The van der Waals surface area contributed by atoms with Crippen LogP contribution in [0.4, 0.5) is 11.4 Å². The summed E-state index contributed by atoms with van der Waals surface area (Å²) >= 11 is 3.38. The number of rotatable bonds is 2. The molecule has 3 rings (SSSR count). The Balaban J connectivity index is 1.80. The van der Waals surface area contributed by atoms with Crippen LogP contribution >= 0.6 is 15.9 Å². The molecule has 1 aliphatic rings. The first kappa shape index (κ1) is 14.1. The molecule has 2 aromatic rings. The molecule has 4 heteroatoms. The van der Waals surface area contributed by atoms with E-state index in [-0.39, 0.29) is 11.8 Å². The zero-order valence-corrected chi connectivity index (χ0v) is 13.4. The molecule has 0 spiro atoms. The number of carbonyl (C=O) groups excluding carboxylic acids is 1. The molecule has 0 fully saturated rings. The van der Waals surface area contributed by atoms with Crippen molar-refractivity contribution in [2.45, 2.75) is 12.8 Å². The first-order valence-electron chi connectivity index (χ1n) is 6.95. The van der Waals surface area contributed by atoms with E-state index in [2.05, 4.69) is 28.1 Å². The lowest BCUT2D eigenvalue weighted by Gasteiger charge is -2.22. The smallest absolute Gasteiger partial charge is 0.230 e. The Bertz CT molecular complexity index is 674. The van der Waals surface area contributed by atoms with Gasteiger partial charge in [-0.05, 0) is 42.2 Å². The quantitative estimate of drug-likeness (QED) is 0.848. The number of anilines is 2. The van der Waals surface area contributed by atoms with Crippen molar-refractivity contribution in [1.29, 1.82) is 0 Å². The Morgan fingerprint density at radius 3 is 2.38 bits per heavy atom. The maximum atomic E-state index is 12.7. The maximum Gasteiger partial charge on any atom is 0.230 e. The summed E-state index contributed by atoms with van der Waals surface area (Å²) in [6.07, 6.45) is 1.63. The third-order valence-electron chi connectivity index (χ3n) is 4.08. The van der Waals surface area contributed by atoms with E-state index < -0.39 is 0 Å². The van der Waals surface area contributed by atoms with Crippen LogP contribution in [-0.4, -0.2) is 13.0 Å². The Hall–Kier alpha value is -1.81. The standard InChI is InChI=1S/C17H17BrN2O/c1-20(16-7-6-14(18)10-15(16)19)17(21)13-8-11-4-2-3-5-12(11)9-13/h2-7,10,13H,8-9,19H2,1H3. The highest BCUT2D eigenvalue weighted by Crippen LogP contribution is 2.31. The molecule has 0 unspecified atom stereocenters. The van der Waals surface area contributed by atoms with Gasteiger partial charge < -0.3 is 10.6 Å². The van der Waals surface area contributed by atoms with Gasteiger partial charge in [-0.15, -0.1) is 0 Å². The number of halogens is 1. The summed E-state index contributed by atoms with van der Waals surface area (Å²) in [4.78, 5) is 14.4. The fourth-order valence-electron chi connectivity index (χ4n) is 2.96. The molecule has 3 nitrogen and oxygen atoms in total. The van der Waals surface area contributed by atoms with Crippen LogP contribution in [0.3, 0.4) is 0 Å². The molecule has 1 amide bonds. The lowest BCUT2D eigenvalue weighted by Crippen LogP contribution is -2.33. The highest BCUT2D eigenvalue weighted by molar-refractivity contribution is 9.10. The van der Waals surface area contributed by atoms with Gasteiger partial charge in [-0.2, -0.15) is 0 Å². The molecule has 0 aliphatic heterocycles. The van der Waals surface area contributed by atoms with Gasteiger partial charge >= 0.3 is 0 Å². The highest BCUT2D eigenvalue weighted by atomic mass is 79.9. The van der Waals surface area contributed by atoms with E-state index in [9.17, 15) is 4.79 Å². The summed E-state index contributed by atoms with van der Waals surface area (Å²) in [6, 6.07) is 13.9. The first-order chi connectivity index (χ1) is 10.1. The number of nitrogen functional groups attached to an aromatic ring is 1. The second-order valence-electron chi connectivity index (χ2n) is 5.47. The summed E-state index contributed by atoms with van der Waals surface area (Å²) in [5.41, 5.74) is 9.96. The van der Waals surface area contributed by atoms with Gasteiger partial charge in [0.15, 0.2) is 0 Å². The summed E-state index contributed by atoms with van der Waals surface area (Å²) < 4.78 is 0.915. The molecule has 1 aliphatic carbocycles. The average molecular weight is 345 g/mol. The highest BCUT2D eigenvalue weighted by Gasteiger charge is 2.30. The van der Waals surface area contributed by atoms with Gasteiger partial charge in [-0.1, -0.05) is 40.2 Å². The van der Waals surface area contributed by atoms with Crippen molar-refractivity contribution in [3.8, 4) is 0 Å². The van der Waals surface area contributed by atoms with E-state index in [0.29, 0.717) is 5.69 Å². The molecule has 2 aromatic carbocycles. The van der Waals surface area contributed by atoms with Gasteiger partial charge in [0.2, 0.25) is 5.91 Å². The molecule has 0 aromatic heterocycles. The van der Waals surface area contributed by atoms with Crippen molar-refractivity contribution in [2.24, 2.45) is 5.92 Å². The molecule has 108 valence electrons. The molecule has 0 bridgehead atoms. The van der Waals surface area contributed by atoms with E-state index in [1.165, 1.54) is 11.1 Å². The molecule has 0 saturated carbocycles. The van der Waals surface area contributed by atoms with Gasteiger partial charge in [-0.25, -0.2) is 0 Å². The van der Waals surface area contributed by atoms with Crippen LogP contribution in [0, 0.1) is 5.92 Å². The Morgan fingerprint density at radius 1 is 1.19 bits per heavy atom. The van der Waals surface area contributed by atoms with Crippen LogP contribution in [0.5, 0.6) is 0 Å². The van der Waals surface area contributed by atoms with E-state index in [1.54, 1.807) is 11.9 Å². The number of carbonyl (C=O) groups is 1. The average Bonchev–Trinajstić information content (AvgIpc) is 2.89. The Labute approximate surface area is 132 Å². The van der Waals surface area contributed by atoms with Gasteiger partial charge in [0.25, 0.3) is 0 Å². The monoisotopic (exact) mass is 344 g/mol. The number of fused-ring (bicyclic) bond motifs is 1. The number of hydrogen-bond acceptors (Lipinski definition) is 2. The zero-order chi connectivity index (χ0) is 15.0. The number of hydrogen-bond donors (Lipinski definition) is 1. The van der Waals surface area contributed by atoms with E-state index >= 15 is 0 Å². The molecule has 2 N–H and O–H groups in total. The second-order valence-corrected chi connectivity index (χ2v) is 6.39. The third kappa shape index (κ3) is 2.68. The summed E-state index contributed by atoms with van der Waals surface area (Å²) in [6.45, 7) is 0. The van der Waals surface area contributed by atoms with Crippen molar-refractivity contribution < 1.29 is 4.79 Å². The Kier molecular flexibility index (Phi) is 3.72. The zero-order valence-electron chi connectivity index (χ0n) is 11.8. The fourth-order valence-corrected chi connectivity index (χ4v) is 3.34. The van der Waals surface area contributed by atoms with Crippen LogP contribution < -0.4 is 10.6 Å². The lowest BCUT2D eigenvalue weighted by atomic mass is 10.0. The van der Waals surface area contributed by atoms with Crippen LogP contribution in [0.15, 0.2) is 46.9 Å². The largest absolute Gasteiger partial charge is 0.397 e. The number of nitrogens with two attached hydrogens (primary N) is 1. The van der Waals surface area contributed by atoms with E-state index in [0.717, 1.165) is 23.0 Å². The minimum Gasteiger partial charge on any atom is -0.397 e. The van der Waals surface area contributed by atoms with Gasteiger partial charge in [0.1, 0.15) is 0 Å². The molecule has 21 heavy (non-hydrogen) atoms. The van der Waals surface area contributed by atoms with Crippen molar-refractivity contribution >= 4 is 33.2 Å². The molecule has 0 atom stereocenters. The van der Waals surface area contributed by atoms with Crippen LogP contribution in [-0.2, 0) is 17.6 Å². The van der Waals surface area contributed by atoms with Crippen molar-refractivity contribution in [3.05, 3.63) is 58.1 Å². The fraction of sp³-hybridized carbons (Fsp3) is 0.235. The lowest BCUT2D eigenvalue weighted by molar-refractivity contribution is -0.121. The summed E-state index contributed by atoms with van der Waals surface area (Å²) in [7, 11) is 1.80. The molecule has 0 saturated heterocycles. The van der Waals surface area contributed by atoms with Crippen molar-refractivity contribution in [1.82, 2.24) is 0 Å². The third-order valence-corrected chi connectivity index (χ3v) is 4.58. The summed E-state index contributed by atoms with van der Waals surface area (Å²) in [5, 5.41) is 0. The maximum absolute atomic E-state index is 12.7. The van der Waals surface area contributed by atoms with E-state index in [1.807, 2.05) is 30.3 Å². The molecular weight excluding hydrogens is 328 g/mol. The van der Waals surface area contributed by atoms with Gasteiger partial charge in [-0.3, -0.25) is 4.79 Å². The van der Waals surface area contributed by atoms with Crippen molar-refractivity contribution in [3.63, 3.8) is 0 Å². The van der Waals surface area contributed by atoms with Crippen LogP contribution in [0.25, 0.3) is 0 Å². The van der Waals surface area contributed by atoms with Crippen LogP contribution in [0.1, 0.15) is 11.1 Å². The van der Waals surface area contributed by atoms with Gasteiger partial charge in [0, 0.05) is 17.4 Å². The molecular formula is C17H17BrN2O. The number of benzene rings is 2. The second kappa shape index (κ2) is 5.53. The predicted molar refractivity (Wildman–Crippen MR) is 89.3 cm³/mol. The first-order valence-corrected chi connectivity index (χ1v) is 7.75. The SMILES string of the molecule is CN(C(=O)C1Cc2ccccc2C1)c1ccc(Br)cc1N. The Morgan fingerprint density at radius 2 is 1.81 bits per heavy atom.